The van der Waals surface area contributed by atoms with Crippen molar-refractivity contribution in [3.8, 4) is 11.5 Å². The number of thiocarbonyl (C=S) groups is 1. The summed E-state index contributed by atoms with van der Waals surface area (Å²) >= 11 is 5.30. The molecule has 2 aromatic carbocycles. The van der Waals surface area contributed by atoms with Crippen molar-refractivity contribution in [3.05, 3.63) is 48.5 Å². The molecule has 0 spiro atoms. The molecule has 0 saturated carbocycles. The molecular formula is C17H22MgN2O2STi. The Hall–Kier alpha value is -0.789. The Morgan fingerprint density at radius 1 is 0.833 bits per heavy atom. The van der Waals surface area contributed by atoms with E-state index in [4.69, 9.17) is 21.7 Å². The van der Waals surface area contributed by atoms with Crippen LogP contribution in [0.2, 0.25) is 0 Å². The molecule has 124 valence electrons. The van der Waals surface area contributed by atoms with E-state index in [0.29, 0.717) is 18.3 Å². The molecule has 0 aromatic heterocycles. The van der Waals surface area contributed by atoms with Crippen molar-refractivity contribution in [2.75, 3.05) is 23.8 Å². The molecule has 0 aliphatic carbocycles. The third kappa shape index (κ3) is 7.86. The van der Waals surface area contributed by atoms with Gasteiger partial charge in [0.2, 0.25) is 0 Å². The Balaban J connectivity index is -0.00000132. The fraction of sp³-hybridized carbons (Fsp3) is 0.235. The van der Waals surface area contributed by atoms with Crippen molar-refractivity contribution in [2.24, 2.45) is 0 Å². The fourth-order valence-corrected chi connectivity index (χ4v) is 2.13. The molecule has 0 radical (unpaired) electrons. The van der Waals surface area contributed by atoms with Crippen LogP contribution in [0.4, 0.5) is 11.4 Å². The molecule has 2 N–H and O–H groups in total. The molecule has 0 amide bonds. The first-order valence-corrected chi connectivity index (χ1v) is 7.65. The van der Waals surface area contributed by atoms with E-state index in [2.05, 4.69) is 10.6 Å². The molecule has 7 heteroatoms. The first-order chi connectivity index (χ1) is 10.7. The van der Waals surface area contributed by atoms with Crippen molar-refractivity contribution < 1.29 is 34.0 Å². The molecule has 2 aromatic rings. The SMILES string of the molecule is CCOc1ccc(NC(=S)Nc2ccc(OCC)cc2)cc1.[H-].[H-].[Mg+2].[Ti]. The number of ether oxygens (including phenoxy) is 2. The summed E-state index contributed by atoms with van der Waals surface area (Å²) in [7, 11) is 0. The summed E-state index contributed by atoms with van der Waals surface area (Å²) in [6.45, 7) is 5.24. The normalized spacial score (nSPS) is 9.08. The van der Waals surface area contributed by atoms with E-state index in [1.165, 1.54) is 0 Å². The average molecular weight is 391 g/mol. The van der Waals surface area contributed by atoms with E-state index < -0.39 is 0 Å². The van der Waals surface area contributed by atoms with Gasteiger partial charge in [0.1, 0.15) is 11.5 Å². The van der Waals surface area contributed by atoms with Crippen molar-refractivity contribution in [2.45, 2.75) is 13.8 Å². The number of hydrogen-bond donors (Lipinski definition) is 2. The maximum atomic E-state index is 5.40. The quantitative estimate of drug-likeness (QED) is 0.573. The van der Waals surface area contributed by atoms with Gasteiger partial charge in [0.15, 0.2) is 5.11 Å². The van der Waals surface area contributed by atoms with Gasteiger partial charge in [0.25, 0.3) is 0 Å². The fourth-order valence-electron chi connectivity index (χ4n) is 1.90. The minimum atomic E-state index is 0. The van der Waals surface area contributed by atoms with Crippen LogP contribution in [0.1, 0.15) is 16.7 Å². The van der Waals surface area contributed by atoms with Crippen LogP contribution >= 0.6 is 12.2 Å². The molecule has 0 unspecified atom stereocenters. The number of nitrogens with one attached hydrogen (secondary N) is 2. The van der Waals surface area contributed by atoms with Crippen LogP contribution < -0.4 is 20.1 Å². The van der Waals surface area contributed by atoms with Gasteiger partial charge in [0, 0.05) is 33.1 Å². The second-order valence-corrected chi connectivity index (χ2v) is 4.90. The summed E-state index contributed by atoms with van der Waals surface area (Å²) in [5, 5.41) is 6.80. The molecule has 4 nitrogen and oxygen atoms in total. The van der Waals surface area contributed by atoms with Crippen LogP contribution in [0.25, 0.3) is 0 Å². The Morgan fingerprint density at radius 3 is 1.46 bits per heavy atom. The zero-order valence-corrected chi connectivity index (χ0v) is 17.8. The molecule has 0 bridgehead atoms. The summed E-state index contributed by atoms with van der Waals surface area (Å²) in [5.41, 5.74) is 1.82. The van der Waals surface area contributed by atoms with Crippen molar-refractivity contribution in [1.82, 2.24) is 0 Å². The van der Waals surface area contributed by atoms with Crippen molar-refractivity contribution >= 4 is 51.8 Å². The van der Waals surface area contributed by atoms with E-state index in [9.17, 15) is 0 Å². The zero-order chi connectivity index (χ0) is 15.8. The first-order valence-electron chi connectivity index (χ1n) is 7.25. The summed E-state index contributed by atoms with van der Waals surface area (Å²) in [5.74, 6) is 1.69. The van der Waals surface area contributed by atoms with Gasteiger partial charge in [-0.3, -0.25) is 0 Å². The minimum absolute atomic E-state index is 0. The van der Waals surface area contributed by atoms with Crippen molar-refractivity contribution in [3.63, 3.8) is 0 Å². The molecule has 2 rings (SSSR count). The number of anilines is 2. The molecule has 24 heavy (non-hydrogen) atoms. The van der Waals surface area contributed by atoms with Gasteiger partial charge in [0.05, 0.1) is 13.2 Å². The smallest absolute Gasteiger partial charge is 1.00 e. The van der Waals surface area contributed by atoms with Gasteiger partial charge in [-0.25, -0.2) is 0 Å². The van der Waals surface area contributed by atoms with Crippen LogP contribution in [0.3, 0.4) is 0 Å². The Morgan fingerprint density at radius 2 is 1.17 bits per heavy atom. The van der Waals surface area contributed by atoms with Gasteiger partial charge in [-0.1, -0.05) is 0 Å². The second-order valence-electron chi connectivity index (χ2n) is 4.49. The van der Waals surface area contributed by atoms with Gasteiger partial charge in [-0.2, -0.15) is 0 Å². The van der Waals surface area contributed by atoms with Crippen LogP contribution in [0, 0.1) is 0 Å². The van der Waals surface area contributed by atoms with E-state index in [-0.39, 0.29) is 47.6 Å². The number of benzene rings is 2. The molecule has 0 fully saturated rings. The maximum absolute atomic E-state index is 5.40. The number of hydrogen-bond acceptors (Lipinski definition) is 3. The monoisotopic (exact) mass is 390 g/mol. The molecule has 0 aliphatic rings. The van der Waals surface area contributed by atoms with E-state index in [0.717, 1.165) is 22.9 Å². The van der Waals surface area contributed by atoms with E-state index in [1.807, 2.05) is 62.4 Å². The Labute approximate surface area is 182 Å². The molecule has 0 atom stereocenters. The van der Waals surface area contributed by atoms with Gasteiger partial charge in [-0.15, -0.1) is 0 Å². The second kappa shape index (κ2) is 12.6. The maximum Gasteiger partial charge on any atom is 2.00 e. The standard InChI is InChI=1S/C17H20N2O2S.Mg.Ti.2H/c1-3-20-15-9-5-13(6-10-15)18-17(22)19-14-7-11-16(12-8-14)21-4-2;;;;/h5-12H,3-4H2,1-2H3,(H2,18,19,22);;;;/q;+2;;2*-1. The summed E-state index contributed by atoms with van der Waals surface area (Å²) < 4.78 is 10.8. The van der Waals surface area contributed by atoms with Crippen LogP contribution in [-0.4, -0.2) is 41.4 Å². The minimum Gasteiger partial charge on any atom is -1.00 e. The molecule has 0 heterocycles. The van der Waals surface area contributed by atoms with E-state index >= 15 is 0 Å². The number of rotatable bonds is 6. The topological polar surface area (TPSA) is 42.5 Å². The van der Waals surface area contributed by atoms with Gasteiger partial charge >= 0.3 is 23.1 Å². The molecular weight excluding hydrogens is 368 g/mol. The summed E-state index contributed by atoms with van der Waals surface area (Å²) in [4.78, 5) is 0. The largest absolute Gasteiger partial charge is 2.00 e. The predicted molar refractivity (Wildman–Crippen MR) is 103 cm³/mol. The predicted octanol–water partition coefficient (Wildman–Crippen LogP) is 4.13. The Bertz CT molecular complexity index is 566. The van der Waals surface area contributed by atoms with Crippen LogP contribution in [0.15, 0.2) is 48.5 Å². The van der Waals surface area contributed by atoms with Gasteiger partial charge < -0.3 is 23.0 Å². The molecule has 0 saturated heterocycles. The van der Waals surface area contributed by atoms with Crippen LogP contribution in [0.5, 0.6) is 11.5 Å². The summed E-state index contributed by atoms with van der Waals surface area (Å²) in [6, 6.07) is 15.3. The molecule has 0 aliphatic heterocycles. The third-order valence-corrected chi connectivity index (χ3v) is 3.05. The third-order valence-electron chi connectivity index (χ3n) is 2.85. The first kappa shape index (κ1) is 23.2. The Kier molecular flexibility index (Phi) is 12.1. The van der Waals surface area contributed by atoms with Gasteiger partial charge in [-0.05, 0) is 74.6 Å². The average Bonchev–Trinajstić information content (AvgIpc) is 2.52. The van der Waals surface area contributed by atoms with E-state index in [1.54, 1.807) is 0 Å². The summed E-state index contributed by atoms with van der Waals surface area (Å²) in [6.07, 6.45) is 0. The zero-order valence-electron chi connectivity index (χ0n) is 16.0. The van der Waals surface area contributed by atoms with Crippen LogP contribution in [-0.2, 0) is 21.7 Å². The van der Waals surface area contributed by atoms with Crippen molar-refractivity contribution in [1.29, 1.82) is 0 Å².